The summed E-state index contributed by atoms with van der Waals surface area (Å²) in [5, 5.41) is 16.5. The molecule has 3 rings (SSSR count). The van der Waals surface area contributed by atoms with Gasteiger partial charge in [0.15, 0.2) is 0 Å². The lowest BCUT2D eigenvalue weighted by molar-refractivity contribution is -0.651. The van der Waals surface area contributed by atoms with Gasteiger partial charge in [-0.1, -0.05) is 34.5 Å². The van der Waals surface area contributed by atoms with Crippen LogP contribution in [0.15, 0.2) is 60.9 Å². The second-order valence-corrected chi connectivity index (χ2v) is 4.46. The molecular formula is C14H10ClN3O. The van der Waals surface area contributed by atoms with Crippen molar-refractivity contribution in [3.8, 4) is 17.4 Å². The van der Waals surface area contributed by atoms with Crippen molar-refractivity contribution in [1.82, 2.24) is 9.78 Å². The van der Waals surface area contributed by atoms with Gasteiger partial charge in [-0.05, 0) is 36.4 Å². The van der Waals surface area contributed by atoms with Gasteiger partial charge in [-0.3, -0.25) is 0 Å². The number of aromatic nitrogens is 3. The molecule has 0 unspecified atom stereocenters. The van der Waals surface area contributed by atoms with Crippen molar-refractivity contribution in [2.24, 2.45) is 0 Å². The average molecular weight is 272 g/mol. The summed E-state index contributed by atoms with van der Waals surface area (Å²) in [4.78, 5) is 0. The molecule has 0 saturated heterocycles. The average Bonchev–Trinajstić information content (AvgIpc) is 2.83. The van der Waals surface area contributed by atoms with Gasteiger partial charge >= 0.3 is 0 Å². The summed E-state index contributed by atoms with van der Waals surface area (Å²) in [7, 11) is 0. The van der Waals surface area contributed by atoms with Gasteiger partial charge in [-0.2, -0.15) is 0 Å². The third-order valence-corrected chi connectivity index (χ3v) is 3.00. The Labute approximate surface area is 115 Å². The molecule has 0 fully saturated rings. The highest BCUT2D eigenvalue weighted by molar-refractivity contribution is 6.30. The van der Waals surface area contributed by atoms with Crippen LogP contribution in [-0.2, 0) is 0 Å². The molecule has 0 spiro atoms. The quantitative estimate of drug-likeness (QED) is 0.668. The molecule has 94 valence electrons. The summed E-state index contributed by atoms with van der Waals surface area (Å²) in [6.07, 6.45) is 1.65. The Morgan fingerprint density at radius 2 is 1.68 bits per heavy atom. The van der Waals surface area contributed by atoms with E-state index >= 15 is 0 Å². The van der Waals surface area contributed by atoms with Gasteiger partial charge in [-0.25, -0.2) is 4.57 Å². The lowest BCUT2D eigenvalue weighted by Gasteiger charge is -1.99. The molecule has 0 atom stereocenters. The van der Waals surface area contributed by atoms with E-state index in [0.717, 1.165) is 11.4 Å². The first kappa shape index (κ1) is 11.7. The minimum atomic E-state index is -0.318. The number of para-hydroxylation sites is 1. The van der Waals surface area contributed by atoms with E-state index in [9.17, 15) is 5.11 Å². The van der Waals surface area contributed by atoms with Crippen LogP contribution in [0.4, 0.5) is 0 Å². The van der Waals surface area contributed by atoms with Crippen LogP contribution in [0.25, 0.3) is 11.4 Å². The molecule has 3 aromatic rings. The Bertz CT molecular complexity index is 692. The minimum Gasteiger partial charge on any atom is -0.817 e. The number of rotatable bonds is 2. The molecule has 0 aliphatic heterocycles. The Hall–Kier alpha value is -2.33. The molecule has 0 amide bonds. The van der Waals surface area contributed by atoms with Gasteiger partial charge in [0.2, 0.25) is 12.3 Å². The molecule has 0 aliphatic carbocycles. The number of hydrogen-bond donors (Lipinski definition) is 0. The molecule has 0 bridgehead atoms. The second-order valence-electron chi connectivity index (χ2n) is 4.02. The van der Waals surface area contributed by atoms with Crippen LogP contribution >= 0.6 is 11.6 Å². The van der Waals surface area contributed by atoms with Gasteiger partial charge in [-0.15, -0.1) is 0 Å². The summed E-state index contributed by atoms with van der Waals surface area (Å²) in [5.74, 6) is 0. The molecule has 0 aliphatic rings. The third-order valence-electron chi connectivity index (χ3n) is 2.75. The van der Waals surface area contributed by atoms with Crippen molar-refractivity contribution >= 4 is 11.6 Å². The zero-order valence-electron chi connectivity index (χ0n) is 9.90. The van der Waals surface area contributed by atoms with Crippen LogP contribution in [0.1, 0.15) is 0 Å². The van der Waals surface area contributed by atoms with Crippen molar-refractivity contribution in [3.63, 3.8) is 0 Å². The van der Waals surface area contributed by atoms with E-state index in [0.29, 0.717) is 5.02 Å². The van der Waals surface area contributed by atoms with E-state index in [1.165, 1.54) is 9.25 Å². The molecule has 0 saturated carbocycles. The fourth-order valence-corrected chi connectivity index (χ4v) is 1.93. The summed E-state index contributed by atoms with van der Waals surface area (Å²) in [6.45, 7) is 0. The monoisotopic (exact) mass is 271 g/mol. The van der Waals surface area contributed by atoms with Crippen LogP contribution in [0.2, 0.25) is 5.02 Å². The van der Waals surface area contributed by atoms with Gasteiger partial charge in [0.1, 0.15) is 11.4 Å². The van der Waals surface area contributed by atoms with Crippen molar-refractivity contribution in [2.75, 3.05) is 0 Å². The molecule has 4 nitrogen and oxygen atoms in total. The van der Waals surface area contributed by atoms with Gasteiger partial charge in [0.25, 0.3) is 0 Å². The summed E-state index contributed by atoms with van der Waals surface area (Å²) in [5.41, 5.74) is 1.57. The summed E-state index contributed by atoms with van der Waals surface area (Å²) >= 11 is 5.83. The van der Waals surface area contributed by atoms with Crippen molar-refractivity contribution in [2.45, 2.75) is 0 Å². The van der Waals surface area contributed by atoms with E-state index in [-0.39, 0.29) is 6.01 Å². The van der Waals surface area contributed by atoms with Crippen molar-refractivity contribution < 1.29 is 9.67 Å². The zero-order chi connectivity index (χ0) is 13.2. The topological polar surface area (TPSA) is 44.8 Å². The number of halogens is 1. The molecule has 2 aromatic carbocycles. The molecular weight excluding hydrogens is 262 g/mol. The Morgan fingerprint density at radius 3 is 2.37 bits per heavy atom. The third kappa shape index (κ3) is 2.30. The van der Waals surface area contributed by atoms with E-state index in [1.54, 1.807) is 18.5 Å². The highest BCUT2D eigenvalue weighted by Gasteiger charge is 2.12. The fraction of sp³-hybridized carbons (Fsp3) is 0. The van der Waals surface area contributed by atoms with Gasteiger partial charge in [0, 0.05) is 10.1 Å². The standard InChI is InChI=1S/C14H10ClN3O/c15-11-6-8-13(9-7-11)18-10-17(14(19)16-18)12-4-2-1-3-5-12/h1-10H. The Balaban J connectivity index is 2.04. The zero-order valence-corrected chi connectivity index (χ0v) is 10.7. The van der Waals surface area contributed by atoms with Gasteiger partial charge < -0.3 is 5.11 Å². The van der Waals surface area contributed by atoms with Crippen LogP contribution in [0.5, 0.6) is 6.01 Å². The molecule has 1 aromatic heterocycles. The van der Waals surface area contributed by atoms with Crippen molar-refractivity contribution in [1.29, 1.82) is 0 Å². The first-order valence-corrected chi connectivity index (χ1v) is 6.11. The molecule has 19 heavy (non-hydrogen) atoms. The first-order valence-electron chi connectivity index (χ1n) is 5.74. The molecule has 0 radical (unpaired) electrons. The molecule has 5 heteroatoms. The molecule has 1 heterocycles. The highest BCUT2D eigenvalue weighted by Crippen LogP contribution is 2.13. The largest absolute Gasteiger partial charge is 0.817 e. The van der Waals surface area contributed by atoms with Crippen LogP contribution in [0, 0.1) is 0 Å². The maximum atomic E-state index is 11.9. The summed E-state index contributed by atoms with van der Waals surface area (Å²) in [6, 6.07) is 16.2. The number of nitrogens with zero attached hydrogens (tertiary/aromatic N) is 3. The minimum absolute atomic E-state index is 0.318. The Kier molecular flexibility index (Phi) is 2.93. The highest BCUT2D eigenvalue weighted by atomic mass is 35.5. The lowest BCUT2D eigenvalue weighted by Crippen LogP contribution is -2.32. The van der Waals surface area contributed by atoms with Crippen LogP contribution in [0.3, 0.4) is 0 Å². The van der Waals surface area contributed by atoms with E-state index < -0.39 is 0 Å². The maximum Gasteiger partial charge on any atom is 0.250 e. The second kappa shape index (κ2) is 4.74. The normalized spacial score (nSPS) is 10.6. The van der Waals surface area contributed by atoms with Gasteiger partial charge in [0.05, 0.1) is 0 Å². The van der Waals surface area contributed by atoms with Crippen molar-refractivity contribution in [3.05, 3.63) is 65.9 Å². The SMILES string of the molecule is [O-]c1nn(-c2ccc(Cl)cc2)c[n+]1-c1ccccc1. The van der Waals surface area contributed by atoms with Crippen LogP contribution < -0.4 is 9.67 Å². The predicted molar refractivity (Wildman–Crippen MR) is 69.6 cm³/mol. The molecule has 0 N–H and O–H groups in total. The maximum absolute atomic E-state index is 11.9. The first-order chi connectivity index (χ1) is 9.24. The lowest BCUT2D eigenvalue weighted by atomic mass is 10.3. The van der Waals surface area contributed by atoms with E-state index in [2.05, 4.69) is 5.10 Å². The van der Waals surface area contributed by atoms with E-state index in [4.69, 9.17) is 11.6 Å². The van der Waals surface area contributed by atoms with Crippen LogP contribution in [-0.4, -0.2) is 9.78 Å². The smallest absolute Gasteiger partial charge is 0.250 e. The fourth-order valence-electron chi connectivity index (χ4n) is 1.81. The van der Waals surface area contributed by atoms with E-state index in [1.807, 2.05) is 42.5 Å². The Morgan fingerprint density at radius 1 is 1.00 bits per heavy atom. The predicted octanol–water partition coefficient (Wildman–Crippen LogP) is 1.88. The number of hydrogen-bond acceptors (Lipinski definition) is 2. The number of benzene rings is 2. The summed E-state index contributed by atoms with van der Waals surface area (Å²) < 4.78 is 3.03.